The fourth-order valence-electron chi connectivity index (χ4n) is 1.65. The second kappa shape index (κ2) is 3.05. The van der Waals surface area contributed by atoms with Crippen molar-refractivity contribution in [3.63, 3.8) is 0 Å². The summed E-state index contributed by atoms with van der Waals surface area (Å²) in [6.07, 6.45) is 0. The Kier molecular flexibility index (Phi) is 1.96. The van der Waals surface area contributed by atoms with Crippen molar-refractivity contribution in [2.45, 2.75) is 13.8 Å². The Hall–Kier alpha value is -1.90. The number of carbonyl (C=O) groups is 2. The number of aliphatic hydroxyl groups excluding tert-OH is 1. The highest BCUT2D eigenvalue weighted by molar-refractivity contribution is 6.52. The number of hydrogen-bond acceptors (Lipinski definition) is 3. The topological polar surface area (TPSA) is 54.4 Å². The summed E-state index contributed by atoms with van der Waals surface area (Å²) in [5, 5.41) is 9.72. The van der Waals surface area contributed by atoms with Gasteiger partial charge in [0.05, 0.1) is 0 Å². The molecular weight excluding hydrogens is 192 g/mol. The number of rotatable bonds is 0. The average molecular weight is 202 g/mol. The Morgan fingerprint density at radius 1 is 1.00 bits per heavy atom. The summed E-state index contributed by atoms with van der Waals surface area (Å²) < 4.78 is 0. The van der Waals surface area contributed by atoms with Gasteiger partial charge in [-0.05, 0) is 19.9 Å². The van der Waals surface area contributed by atoms with E-state index in [9.17, 15) is 14.7 Å². The molecule has 3 heteroatoms. The minimum Gasteiger partial charge on any atom is -0.507 e. The molecule has 0 aliphatic heterocycles. The van der Waals surface area contributed by atoms with E-state index in [1.165, 1.54) is 6.92 Å². The van der Waals surface area contributed by atoms with Crippen LogP contribution in [0.15, 0.2) is 23.8 Å². The van der Waals surface area contributed by atoms with Crippen molar-refractivity contribution < 1.29 is 14.7 Å². The molecule has 0 heterocycles. The molecule has 0 atom stereocenters. The summed E-state index contributed by atoms with van der Waals surface area (Å²) in [4.78, 5) is 23.1. The van der Waals surface area contributed by atoms with E-state index >= 15 is 0 Å². The van der Waals surface area contributed by atoms with Crippen LogP contribution in [-0.2, 0) is 4.79 Å². The first kappa shape index (κ1) is 9.65. The number of ketones is 2. The zero-order valence-corrected chi connectivity index (χ0v) is 8.50. The van der Waals surface area contributed by atoms with E-state index in [1.807, 2.05) is 6.92 Å². The molecule has 0 saturated heterocycles. The number of aryl methyl sites for hydroxylation is 1. The molecule has 1 aliphatic carbocycles. The Labute approximate surface area is 87.0 Å². The fraction of sp³-hybridized carbons (Fsp3) is 0.167. The quantitative estimate of drug-likeness (QED) is 0.655. The van der Waals surface area contributed by atoms with Gasteiger partial charge < -0.3 is 5.11 Å². The van der Waals surface area contributed by atoms with E-state index < -0.39 is 11.6 Å². The highest BCUT2D eigenvalue weighted by Crippen LogP contribution is 2.27. The van der Waals surface area contributed by atoms with Crippen molar-refractivity contribution in [3.8, 4) is 0 Å². The smallest absolute Gasteiger partial charge is 0.234 e. The monoisotopic (exact) mass is 202 g/mol. The SMILES string of the molecule is CC1=C(O)c2ccc(C)cc2C(=O)C1=O. The molecule has 1 aliphatic rings. The van der Waals surface area contributed by atoms with Gasteiger partial charge in [-0.1, -0.05) is 17.7 Å². The van der Waals surface area contributed by atoms with E-state index in [1.54, 1.807) is 18.2 Å². The van der Waals surface area contributed by atoms with E-state index in [-0.39, 0.29) is 11.3 Å². The van der Waals surface area contributed by atoms with Gasteiger partial charge in [-0.2, -0.15) is 0 Å². The molecule has 15 heavy (non-hydrogen) atoms. The van der Waals surface area contributed by atoms with Crippen LogP contribution in [0.1, 0.15) is 28.4 Å². The van der Waals surface area contributed by atoms with Crippen molar-refractivity contribution in [2.24, 2.45) is 0 Å². The van der Waals surface area contributed by atoms with E-state index in [4.69, 9.17) is 0 Å². The largest absolute Gasteiger partial charge is 0.507 e. The van der Waals surface area contributed by atoms with Gasteiger partial charge in [-0.3, -0.25) is 9.59 Å². The molecule has 0 fully saturated rings. The predicted molar refractivity (Wildman–Crippen MR) is 55.7 cm³/mol. The maximum absolute atomic E-state index is 11.6. The van der Waals surface area contributed by atoms with Crippen LogP contribution in [0, 0.1) is 6.92 Å². The zero-order valence-electron chi connectivity index (χ0n) is 8.50. The van der Waals surface area contributed by atoms with Crippen molar-refractivity contribution in [3.05, 3.63) is 40.5 Å². The minimum absolute atomic E-state index is 0.0883. The third kappa shape index (κ3) is 1.28. The minimum atomic E-state index is -0.620. The van der Waals surface area contributed by atoms with Gasteiger partial charge in [-0.15, -0.1) is 0 Å². The number of aliphatic hydroxyl groups is 1. The zero-order chi connectivity index (χ0) is 11.2. The first-order valence-corrected chi connectivity index (χ1v) is 4.62. The predicted octanol–water partition coefficient (Wildman–Crippen LogP) is 2.05. The van der Waals surface area contributed by atoms with Crippen molar-refractivity contribution in [1.29, 1.82) is 0 Å². The van der Waals surface area contributed by atoms with E-state index in [0.717, 1.165) is 5.56 Å². The summed E-state index contributed by atoms with van der Waals surface area (Å²) in [6, 6.07) is 5.08. The van der Waals surface area contributed by atoms with Crippen molar-refractivity contribution in [1.82, 2.24) is 0 Å². The Morgan fingerprint density at radius 2 is 1.67 bits per heavy atom. The lowest BCUT2D eigenvalue weighted by Crippen LogP contribution is -2.22. The molecule has 0 unspecified atom stereocenters. The van der Waals surface area contributed by atoms with Gasteiger partial charge in [-0.25, -0.2) is 0 Å². The molecule has 1 aromatic rings. The van der Waals surface area contributed by atoms with Gasteiger partial charge in [0.1, 0.15) is 5.76 Å². The molecule has 76 valence electrons. The van der Waals surface area contributed by atoms with Gasteiger partial charge in [0.15, 0.2) is 0 Å². The van der Waals surface area contributed by atoms with Crippen LogP contribution in [0.25, 0.3) is 5.76 Å². The third-order valence-electron chi connectivity index (χ3n) is 2.58. The first-order valence-electron chi connectivity index (χ1n) is 4.62. The molecule has 1 N–H and O–H groups in total. The molecule has 1 aromatic carbocycles. The average Bonchev–Trinajstić information content (AvgIpc) is 2.23. The molecule has 0 bridgehead atoms. The molecule has 0 spiro atoms. The van der Waals surface area contributed by atoms with Crippen LogP contribution in [0.2, 0.25) is 0 Å². The standard InChI is InChI=1S/C12H10O3/c1-6-3-4-8-9(5-6)12(15)11(14)7(2)10(8)13/h3-5,13H,1-2H3. The molecule has 2 rings (SSSR count). The summed E-state index contributed by atoms with van der Waals surface area (Å²) in [6.45, 7) is 3.29. The maximum Gasteiger partial charge on any atom is 0.234 e. The molecule has 0 aromatic heterocycles. The number of Topliss-reactive ketones (excluding diaryl/α,β-unsaturated/α-hetero) is 2. The summed E-state index contributed by atoms with van der Waals surface area (Å²) in [5.41, 5.74) is 1.75. The molecule has 3 nitrogen and oxygen atoms in total. The summed E-state index contributed by atoms with van der Waals surface area (Å²) >= 11 is 0. The molecule has 0 saturated carbocycles. The van der Waals surface area contributed by atoms with Crippen molar-refractivity contribution in [2.75, 3.05) is 0 Å². The number of fused-ring (bicyclic) bond motifs is 1. The van der Waals surface area contributed by atoms with Crippen LogP contribution in [0.4, 0.5) is 0 Å². The van der Waals surface area contributed by atoms with Gasteiger partial charge >= 0.3 is 0 Å². The van der Waals surface area contributed by atoms with Crippen LogP contribution in [0.3, 0.4) is 0 Å². The number of benzene rings is 1. The van der Waals surface area contributed by atoms with Crippen LogP contribution >= 0.6 is 0 Å². The van der Waals surface area contributed by atoms with Gasteiger partial charge in [0.25, 0.3) is 0 Å². The third-order valence-corrected chi connectivity index (χ3v) is 2.58. The van der Waals surface area contributed by atoms with Crippen LogP contribution in [0.5, 0.6) is 0 Å². The highest BCUT2D eigenvalue weighted by atomic mass is 16.3. The first-order chi connectivity index (χ1) is 7.02. The van der Waals surface area contributed by atoms with E-state index in [0.29, 0.717) is 11.1 Å². The lowest BCUT2D eigenvalue weighted by Gasteiger charge is -2.15. The fourth-order valence-corrected chi connectivity index (χ4v) is 1.65. The number of allylic oxidation sites excluding steroid dienone is 1. The lowest BCUT2D eigenvalue weighted by molar-refractivity contribution is -0.111. The summed E-state index contributed by atoms with van der Waals surface area (Å²) in [7, 11) is 0. The van der Waals surface area contributed by atoms with Gasteiger partial charge in [0.2, 0.25) is 11.6 Å². The van der Waals surface area contributed by atoms with Crippen molar-refractivity contribution >= 4 is 17.3 Å². The Morgan fingerprint density at radius 3 is 2.33 bits per heavy atom. The number of carbonyl (C=O) groups excluding carboxylic acids is 2. The summed E-state index contributed by atoms with van der Waals surface area (Å²) in [5.74, 6) is -1.25. The molecule has 0 radical (unpaired) electrons. The van der Waals surface area contributed by atoms with Crippen LogP contribution < -0.4 is 0 Å². The second-order valence-corrected chi connectivity index (χ2v) is 3.68. The maximum atomic E-state index is 11.6. The second-order valence-electron chi connectivity index (χ2n) is 3.68. The number of hydrogen-bond donors (Lipinski definition) is 1. The Balaban J connectivity index is 2.78. The molecular formula is C12H10O3. The van der Waals surface area contributed by atoms with E-state index in [2.05, 4.69) is 0 Å². The van der Waals surface area contributed by atoms with Crippen LogP contribution in [-0.4, -0.2) is 16.7 Å². The normalized spacial score (nSPS) is 15.6. The van der Waals surface area contributed by atoms with Gasteiger partial charge in [0, 0.05) is 16.7 Å². The highest BCUT2D eigenvalue weighted by Gasteiger charge is 2.30. The lowest BCUT2D eigenvalue weighted by atomic mass is 9.88. The Bertz CT molecular complexity index is 510. The molecule has 0 amide bonds.